The number of nitrogens with zero attached hydrogens (tertiary/aromatic N) is 5. The first kappa shape index (κ1) is 35.9. The van der Waals surface area contributed by atoms with Crippen LogP contribution in [0.3, 0.4) is 0 Å². The molecule has 0 bridgehead atoms. The van der Waals surface area contributed by atoms with Crippen LogP contribution in [0.1, 0.15) is 4.11 Å². The molecule has 0 spiro atoms. The van der Waals surface area contributed by atoms with Crippen molar-refractivity contribution in [3.8, 4) is 78.6 Å². The molecule has 0 fully saturated rings. The minimum absolute atomic E-state index is 0.0853. The van der Waals surface area contributed by atoms with Crippen molar-refractivity contribution in [1.29, 1.82) is 0 Å². The van der Waals surface area contributed by atoms with Crippen LogP contribution in [0.5, 0.6) is 11.6 Å². The fraction of sp³-hybridized carbons (Fsp3) is 0. The van der Waals surface area contributed by atoms with Crippen molar-refractivity contribution in [1.82, 2.24) is 14.1 Å². The van der Waals surface area contributed by atoms with Gasteiger partial charge in [-0.2, -0.15) is 0 Å². The van der Waals surface area contributed by atoms with E-state index in [2.05, 4.69) is 203 Å². The van der Waals surface area contributed by atoms with Gasteiger partial charge in [-0.05, 0) is 17.7 Å². The van der Waals surface area contributed by atoms with Crippen molar-refractivity contribution in [2.45, 2.75) is 0 Å². The van der Waals surface area contributed by atoms with Gasteiger partial charge < -0.3 is 0 Å². The number of fused-ring (bicyclic) bond motifs is 10. The molecule has 14 rings (SSSR count). The van der Waals surface area contributed by atoms with Crippen molar-refractivity contribution in [2.75, 3.05) is 9.62 Å². The first-order valence-electron chi connectivity index (χ1n) is 24.2. The Morgan fingerprint density at radius 2 is 1.03 bits per heavy atom. The van der Waals surface area contributed by atoms with E-state index >= 15 is 0 Å². The van der Waals surface area contributed by atoms with E-state index in [-0.39, 0.29) is 36.7 Å². The first-order valence-corrected chi connectivity index (χ1v) is 23.8. The van der Waals surface area contributed by atoms with Crippen molar-refractivity contribution < 1.29 is 28.2 Å². The van der Waals surface area contributed by atoms with Crippen LogP contribution in [-0.2, 0) is 19.4 Å². The molecule has 11 aromatic rings. The molecule has 0 radical (unpaired) electrons. The third-order valence-corrected chi connectivity index (χ3v) is 14.5. The Balaban J connectivity index is 0.929. The van der Waals surface area contributed by atoms with Crippen molar-refractivity contribution >= 4 is 46.4 Å². The number of hydrogen-bond acceptors (Lipinski definition) is 4. The topological polar surface area (TPSA) is 38.5 Å². The second-order valence-electron chi connectivity index (χ2n) is 17.2. The van der Waals surface area contributed by atoms with Crippen LogP contribution in [0.2, 0.25) is 0 Å². The van der Waals surface area contributed by atoms with Gasteiger partial charge in [0.15, 0.2) is 0 Å². The van der Waals surface area contributed by atoms with Gasteiger partial charge in [0.2, 0.25) is 0 Å². The molecule has 6 nitrogen and oxygen atoms in total. The second kappa shape index (κ2) is 15.4. The number of anilines is 4. The summed E-state index contributed by atoms with van der Waals surface area (Å²) < 4.78 is 39.8. The molecule has 8 heteroatoms. The third kappa shape index (κ3) is 5.89. The van der Waals surface area contributed by atoms with Crippen molar-refractivity contribution in [3.63, 3.8) is 0 Å². The van der Waals surface area contributed by atoms with Crippen LogP contribution in [-0.4, -0.2) is 21.1 Å². The maximum atomic E-state index is 9.51. The van der Waals surface area contributed by atoms with Gasteiger partial charge in [-0.25, -0.2) is 0 Å². The van der Waals surface area contributed by atoms with Gasteiger partial charge in [-0.15, -0.1) is 0 Å². The summed E-state index contributed by atoms with van der Waals surface area (Å²) in [6.07, 6.45) is 0. The average Bonchev–Trinajstić information content (AvgIpc) is 3.94. The normalized spacial score (nSPS) is 13.3. The zero-order valence-corrected chi connectivity index (χ0v) is 38.5. The summed E-state index contributed by atoms with van der Waals surface area (Å²) in [5, 5.41) is 0. The average molecular weight is 1050 g/mol. The molecule has 2 aromatic heterocycles. The van der Waals surface area contributed by atoms with Crippen LogP contribution in [0, 0.1) is 3.80 Å². The van der Waals surface area contributed by atoms with E-state index in [0.29, 0.717) is 5.69 Å². The summed E-state index contributed by atoms with van der Waals surface area (Å²) >= 11 is 2.36. The molecule has 0 saturated carbocycles. The van der Waals surface area contributed by atoms with Crippen molar-refractivity contribution in [2.24, 2.45) is 0 Å². The molecule has 68 heavy (non-hydrogen) atoms. The molecule has 322 valence electrons. The van der Waals surface area contributed by atoms with Crippen LogP contribution in [0.15, 0.2) is 230 Å². The molecule has 0 amide bonds. The predicted molar refractivity (Wildman–Crippen MR) is 273 cm³/mol. The monoisotopic (exact) mass is 1050 g/mol. The van der Waals surface area contributed by atoms with Gasteiger partial charge in [0.05, 0.1) is 0 Å². The van der Waals surface area contributed by atoms with Gasteiger partial charge in [0, 0.05) is 11.3 Å². The Hall–Kier alpha value is -8.25. The standard InChI is InChI=1S/C60H38BN5O.Pt/c1-3-17-40(18-4-1)42-21-13-22-43(37-42)47-27-15-26-46(41-19-5-2-6-20-41)59(47)64-39-63(53-31-9-10-32-54(53)64)44-23-14-24-45(38-44)67-57-36-35-51-50-29-16-28-49-48-25-7-8-30-52(48)65-55-33-11-12-34-56(55)66(60(51)62-57)61(65)58(49)50;/h1-38H;/i14D,23D,24D;. The summed E-state index contributed by atoms with van der Waals surface area (Å²) in [7, 11) is 0. The van der Waals surface area contributed by atoms with E-state index in [1.807, 2.05) is 41.0 Å². The van der Waals surface area contributed by atoms with Gasteiger partial charge in [0.25, 0.3) is 0 Å². The van der Waals surface area contributed by atoms with Crippen molar-refractivity contribution in [3.05, 3.63) is 234 Å². The van der Waals surface area contributed by atoms with E-state index in [4.69, 9.17) is 9.72 Å². The maximum absolute atomic E-state index is 9.51. The Kier molecular flexibility index (Phi) is 8.15. The molecule has 0 atom stereocenters. The molecule has 5 heterocycles. The van der Waals surface area contributed by atoms with Crippen LogP contribution in [0.25, 0.3) is 78.0 Å². The third-order valence-electron chi connectivity index (χ3n) is 13.5. The predicted octanol–water partition coefficient (Wildman–Crippen LogP) is 14.3. The fourth-order valence-corrected chi connectivity index (χ4v) is 11.7. The Labute approximate surface area is 409 Å². The molecule has 0 unspecified atom stereocenters. The molecular weight excluding hydrogens is 1010 g/mol. The van der Waals surface area contributed by atoms with E-state index in [0.717, 1.165) is 87.9 Å². The minimum atomic E-state index is -0.245. The molecule has 9 aromatic carbocycles. The molecule has 0 aliphatic carbocycles. The van der Waals surface area contributed by atoms with Crippen LogP contribution >= 0.6 is 0 Å². The van der Waals surface area contributed by atoms with Crippen LogP contribution in [0.4, 0.5) is 22.9 Å². The molecule has 0 N–H and O–H groups in total. The van der Waals surface area contributed by atoms with E-state index in [1.54, 1.807) is 6.07 Å². The van der Waals surface area contributed by atoms with Gasteiger partial charge in [0.1, 0.15) is 0 Å². The number of rotatable bonds is 7. The second-order valence-corrected chi connectivity index (χ2v) is 18.2. The van der Waals surface area contributed by atoms with Gasteiger partial charge in [-0.1, -0.05) is 42.5 Å². The van der Waals surface area contributed by atoms with E-state index in [1.165, 1.54) is 16.6 Å². The SMILES string of the molecule is [2H]c1c(Oc2ccc3c(n2)N2B4c5c(cccc5-3)-c3ccccc3N4c3ccccc32)cc(-n2[c](=[Pt])n(-c3c(-c4ccccc4)cccc3-c3cccc(-c4ccccc4)c3)c3ccccc32)c([2H])c1[2H]. The Morgan fingerprint density at radius 3 is 1.81 bits per heavy atom. The van der Waals surface area contributed by atoms with E-state index < -0.39 is 0 Å². The Morgan fingerprint density at radius 1 is 0.456 bits per heavy atom. The summed E-state index contributed by atoms with van der Waals surface area (Å²) in [6, 6.07) is 72.9. The van der Waals surface area contributed by atoms with Gasteiger partial charge >= 0.3 is 340 Å². The summed E-state index contributed by atoms with van der Waals surface area (Å²) in [6.45, 7) is -0.166. The number of benzene rings is 9. The summed E-state index contributed by atoms with van der Waals surface area (Å²) in [5.41, 5.74) is 18.6. The molecular formula is C60H38BN5OPt. The number of aromatic nitrogens is 3. The van der Waals surface area contributed by atoms with Crippen LogP contribution < -0.4 is 19.8 Å². The number of ether oxygens (including phenoxy) is 1. The fourth-order valence-electron chi connectivity index (χ4n) is 10.7. The summed E-state index contributed by atoms with van der Waals surface area (Å²) in [5.74, 6) is 1.16. The molecule has 3 aliphatic heterocycles. The zero-order valence-electron chi connectivity index (χ0n) is 39.2. The summed E-state index contributed by atoms with van der Waals surface area (Å²) in [4.78, 5) is 10.0. The number of pyridine rings is 1. The molecule has 3 aliphatic rings. The van der Waals surface area contributed by atoms with Gasteiger partial charge in [-0.3, -0.25) is 0 Å². The Bertz CT molecular complexity index is 4090. The molecule has 0 saturated heterocycles. The number of hydrogen-bond donors (Lipinski definition) is 0. The number of para-hydroxylation sites is 6. The van der Waals surface area contributed by atoms with E-state index in [9.17, 15) is 4.11 Å². The quantitative estimate of drug-likeness (QED) is 0.149. The zero-order chi connectivity index (χ0) is 47.5. The first-order chi connectivity index (χ1) is 34.9. The number of imidazole rings is 1.